The van der Waals surface area contributed by atoms with Gasteiger partial charge in [0.1, 0.15) is 5.82 Å². The predicted molar refractivity (Wildman–Crippen MR) is 78.5 cm³/mol. The van der Waals surface area contributed by atoms with Gasteiger partial charge in [0.05, 0.1) is 0 Å². The Balaban J connectivity index is 2.36. The SMILES string of the molecule is CNc1ncc(C)c(Nc2cc(Br)ccc2C)n1. The van der Waals surface area contributed by atoms with E-state index in [-0.39, 0.29) is 0 Å². The highest BCUT2D eigenvalue weighted by Gasteiger charge is 2.05. The van der Waals surface area contributed by atoms with Gasteiger partial charge in [0, 0.05) is 29.0 Å². The van der Waals surface area contributed by atoms with Crippen LogP contribution in [0.2, 0.25) is 0 Å². The third kappa shape index (κ3) is 2.79. The maximum atomic E-state index is 4.41. The van der Waals surface area contributed by atoms with Crippen LogP contribution < -0.4 is 10.6 Å². The number of nitrogens with zero attached hydrogens (tertiary/aromatic N) is 2. The van der Waals surface area contributed by atoms with Crippen molar-refractivity contribution in [1.29, 1.82) is 0 Å². The molecule has 0 spiro atoms. The van der Waals surface area contributed by atoms with E-state index in [0.29, 0.717) is 5.95 Å². The lowest BCUT2D eigenvalue weighted by atomic mass is 10.2. The molecular weight excluding hydrogens is 292 g/mol. The molecule has 0 saturated heterocycles. The van der Waals surface area contributed by atoms with Gasteiger partial charge in [-0.05, 0) is 31.5 Å². The van der Waals surface area contributed by atoms with Gasteiger partial charge in [-0.1, -0.05) is 22.0 Å². The van der Waals surface area contributed by atoms with E-state index in [1.165, 1.54) is 5.56 Å². The summed E-state index contributed by atoms with van der Waals surface area (Å²) in [7, 11) is 1.80. The molecule has 4 nitrogen and oxygen atoms in total. The number of benzene rings is 1. The Labute approximate surface area is 115 Å². The van der Waals surface area contributed by atoms with Gasteiger partial charge < -0.3 is 10.6 Å². The monoisotopic (exact) mass is 306 g/mol. The minimum Gasteiger partial charge on any atom is -0.357 e. The van der Waals surface area contributed by atoms with E-state index in [1.807, 2.05) is 19.1 Å². The molecule has 0 aliphatic heterocycles. The fourth-order valence-corrected chi connectivity index (χ4v) is 1.91. The smallest absolute Gasteiger partial charge is 0.224 e. The van der Waals surface area contributed by atoms with E-state index in [0.717, 1.165) is 21.5 Å². The summed E-state index contributed by atoms with van der Waals surface area (Å²) < 4.78 is 1.04. The summed E-state index contributed by atoms with van der Waals surface area (Å²) in [6.07, 6.45) is 1.80. The molecule has 0 bridgehead atoms. The maximum absolute atomic E-state index is 4.41. The number of aryl methyl sites for hydroxylation is 2. The van der Waals surface area contributed by atoms with Crippen LogP contribution in [0.5, 0.6) is 0 Å². The van der Waals surface area contributed by atoms with Crippen molar-refractivity contribution < 1.29 is 0 Å². The number of rotatable bonds is 3. The normalized spacial score (nSPS) is 10.2. The second-order valence-corrected chi connectivity index (χ2v) is 4.98. The van der Waals surface area contributed by atoms with Crippen molar-refractivity contribution in [2.24, 2.45) is 0 Å². The van der Waals surface area contributed by atoms with Crippen LogP contribution in [0.25, 0.3) is 0 Å². The molecule has 1 heterocycles. The Morgan fingerprint density at radius 3 is 2.67 bits per heavy atom. The van der Waals surface area contributed by atoms with Crippen LogP contribution in [-0.4, -0.2) is 17.0 Å². The number of hydrogen-bond donors (Lipinski definition) is 2. The summed E-state index contributed by atoms with van der Waals surface area (Å²) in [5.41, 5.74) is 3.21. The summed E-state index contributed by atoms with van der Waals surface area (Å²) in [4.78, 5) is 8.58. The standard InChI is InChI=1S/C13H15BrN4/c1-8-4-5-10(14)6-11(8)17-12-9(2)7-16-13(15-3)18-12/h4-7H,1-3H3,(H2,15,16,17,18). The topological polar surface area (TPSA) is 49.8 Å². The molecule has 0 fully saturated rings. The van der Waals surface area contributed by atoms with E-state index in [9.17, 15) is 0 Å². The van der Waals surface area contributed by atoms with Gasteiger partial charge in [0.25, 0.3) is 0 Å². The average Bonchev–Trinajstić information content (AvgIpc) is 2.36. The van der Waals surface area contributed by atoms with E-state index in [2.05, 4.69) is 49.5 Å². The number of anilines is 3. The van der Waals surface area contributed by atoms with E-state index < -0.39 is 0 Å². The van der Waals surface area contributed by atoms with Crippen molar-refractivity contribution in [1.82, 2.24) is 9.97 Å². The lowest BCUT2D eigenvalue weighted by molar-refractivity contribution is 1.12. The summed E-state index contributed by atoms with van der Waals surface area (Å²) >= 11 is 3.47. The van der Waals surface area contributed by atoms with Gasteiger partial charge in [-0.25, -0.2) is 4.98 Å². The summed E-state index contributed by atoms with van der Waals surface area (Å²) in [6, 6.07) is 6.12. The van der Waals surface area contributed by atoms with Crippen molar-refractivity contribution in [2.75, 3.05) is 17.7 Å². The van der Waals surface area contributed by atoms with E-state index in [4.69, 9.17) is 0 Å². The Hall–Kier alpha value is -1.62. The molecule has 0 atom stereocenters. The first kappa shape index (κ1) is 12.8. The Morgan fingerprint density at radius 1 is 1.17 bits per heavy atom. The average molecular weight is 307 g/mol. The Kier molecular flexibility index (Phi) is 3.81. The molecule has 18 heavy (non-hydrogen) atoms. The highest BCUT2D eigenvalue weighted by molar-refractivity contribution is 9.10. The highest BCUT2D eigenvalue weighted by Crippen LogP contribution is 2.25. The van der Waals surface area contributed by atoms with E-state index >= 15 is 0 Å². The van der Waals surface area contributed by atoms with Gasteiger partial charge in [0.2, 0.25) is 5.95 Å². The molecule has 0 radical (unpaired) electrons. The largest absolute Gasteiger partial charge is 0.357 e. The van der Waals surface area contributed by atoms with Gasteiger partial charge in [-0.2, -0.15) is 4.98 Å². The lowest BCUT2D eigenvalue weighted by Crippen LogP contribution is -2.03. The van der Waals surface area contributed by atoms with Crippen molar-refractivity contribution in [3.05, 3.63) is 40.0 Å². The molecule has 0 amide bonds. The molecule has 1 aromatic heterocycles. The van der Waals surface area contributed by atoms with Crippen molar-refractivity contribution in [2.45, 2.75) is 13.8 Å². The van der Waals surface area contributed by atoms with Crippen LogP contribution in [0.1, 0.15) is 11.1 Å². The summed E-state index contributed by atoms with van der Waals surface area (Å²) in [5.74, 6) is 1.42. The molecule has 94 valence electrons. The van der Waals surface area contributed by atoms with Crippen LogP contribution in [0.3, 0.4) is 0 Å². The molecule has 1 aromatic carbocycles. The first-order valence-corrected chi connectivity index (χ1v) is 6.44. The number of nitrogens with one attached hydrogen (secondary N) is 2. The molecule has 2 aromatic rings. The Morgan fingerprint density at radius 2 is 1.94 bits per heavy atom. The zero-order chi connectivity index (χ0) is 13.1. The molecule has 0 unspecified atom stereocenters. The lowest BCUT2D eigenvalue weighted by Gasteiger charge is -2.12. The molecular formula is C13H15BrN4. The van der Waals surface area contributed by atoms with Crippen LogP contribution in [0.4, 0.5) is 17.5 Å². The minimum atomic E-state index is 0.607. The maximum Gasteiger partial charge on any atom is 0.224 e. The zero-order valence-electron chi connectivity index (χ0n) is 10.6. The van der Waals surface area contributed by atoms with Gasteiger partial charge in [0.15, 0.2) is 0 Å². The third-order valence-electron chi connectivity index (χ3n) is 2.65. The fourth-order valence-electron chi connectivity index (χ4n) is 1.55. The molecule has 2 rings (SSSR count). The molecule has 2 N–H and O–H groups in total. The number of halogens is 1. The van der Waals surface area contributed by atoms with Crippen molar-refractivity contribution in [3.8, 4) is 0 Å². The van der Waals surface area contributed by atoms with Gasteiger partial charge >= 0.3 is 0 Å². The fraction of sp³-hybridized carbons (Fsp3) is 0.231. The van der Waals surface area contributed by atoms with Gasteiger partial charge in [-0.15, -0.1) is 0 Å². The van der Waals surface area contributed by atoms with E-state index in [1.54, 1.807) is 13.2 Å². The second-order valence-electron chi connectivity index (χ2n) is 4.06. The summed E-state index contributed by atoms with van der Waals surface area (Å²) in [6.45, 7) is 4.04. The number of hydrogen-bond acceptors (Lipinski definition) is 4. The predicted octanol–water partition coefficient (Wildman–Crippen LogP) is 3.64. The minimum absolute atomic E-state index is 0.607. The molecule has 0 aliphatic rings. The second kappa shape index (κ2) is 5.35. The van der Waals surface area contributed by atoms with Crippen LogP contribution in [0, 0.1) is 13.8 Å². The molecule has 0 aliphatic carbocycles. The molecule has 0 saturated carbocycles. The number of aromatic nitrogens is 2. The first-order chi connectivity index (χ1) is 8.60. The van der Waals surface area contributed by atoms with Crippen LogP contribution in [-0.2, 0) is 0 Å². The van der Waals surface area contributed by atoms with Crippen LogP contribution >= 0.6 is 15.9 Å². The first-order valence-electron chi connectivity index (χ1n) is 5.64. The van der Waals surface area contributed by atoms with Crippen LogP contribution in [0.15, 0.2) is 28.9 Å². The van der Waals surface area contributed by atoms with Crippen molar-refractivity contribution in [3.63, 3.8) is 0 Å². The van der Waals surface area contributed by atoms with Crippen molar-refractivity contribution >= 4 is 33.4 Å². The Bertz CT molecular complexity index is 569. The third-order valence-corrected chi connectivity index (χ3v) is 3.14. The highest BCUT2D eigenvalue weighted by atomic mass is 79.9. The van der Waals surface area contributed by atoms with Gasteiger partial charge in [-0.3, -0.25) is 0 Å². The molecule has 5 heteroatoms. The zero-order valence-corrected chi connectivity index (χ0v) is 12.2. The quantitative estimate of drug-likeness (QED) is 0.909. The summed E-state index contributed by atoms with van der Waals surface area (Å²) in [5, 5.41) is 6.27.